The summed E-state index contributed by atoms with van der Waals surface area (Å²) < 4.78 is 5.56. The van der Waals surface area contributed by atoms with Crippen molar-refractivity contribution in [1.29, 1.82) is 0 Å². The highest BCUT2D eigenvalue weighted by molar-refractivity contribution is 5.05. The predicted molar refractivity (Wildman–Crippen MR) is 79.1 cm³/mol. The molecule has 0 amide bonds. The van der Waals surface area contributed by atoms with Crippen LogP contribution in [0.4, 0.5) is 0 Å². The maximum Gasteiger partial charge on any atom is 0.122 e. The van der Waals surface area contributed by atoms with Crippen LogP contribution in [0.5, 0.6) is 0 Å². The highest BCUT2D eigenvalue weighted by atomic mass is 16.3. The van der Waals surface area contributed by atoms with E-state index in [1.54, 1.807) is 6.26 Å². The van der Waals surface area contributed by atoms with Gasteiger partial charge in [0.05, 0.1) is 12.3 Å². The minimum Gasteiger partial charge on any atom is -0.468 e. The number of likely N-dealkylation sites (N-methyl/N-ethyl adjacent to an activating group) is 1. The second-order valence-electron chi connectivity index (χ2n) is 6.41. The van der Waals surface area contributed by atoms with Crippen LogP contribution in [0.1, 0.15) is 44.9 Å². The highest BCUT2D eigenvalue weighted by Crippen LogP contribution is 2.29. The summed E-state index contributed by atoms with van der Waals surface area (Å²) in [6.07, 6.45) is 5.78. The maximum absolute atomic E-state index is 5.56. The number of nitrogens with one attached hydrogen (secondary N) is 1. The lowest BCUT2D eigenvalue weighted by Crippen LogP contribution is -2.42. The average molecular weight is 264 g/mol. The normalized spacial score (nSPS) is 29.6. The second kappa shape index (κ2) is 6.58. The molecule has 3 heteroatoms. The first-order valence-electron chi connectivity index (χ1n) is 7.51. The van der Waals surface area contributed by atoms with Crippen molar-refractivity contribution < 1.29 is 4.42 Å². The lowest BCUT2D eigenvalue weighted by Gasteiger charge is -2.35. The summed E-state index contributed by atoms with van der Waals surface area (Å²) in [4.78, 5) is 2.22. The molecule has 0 radical (unpaired) electrons. The minimum atomic E-state index is 0.321. The van der Waals surface area contributed by atoms with E-state index in [0.717, 1.165) is 24.1 Å². The molecule has 3 nitrogen and oxygen atoms in total. The quantitative estimate of drug-likeness (QED) is 0.884. The summed E-state index contributed by atoms with van der Waals surface area (Å²) in [5.74, 6) is 2.72. The molecule has 0 bridgehead atoms. The molecule has 19 heavy (non-hydrogen) atoms. The van der Waals surface area contributed by atoms with Gasteiger partial charge in [-0.05, 0) is 57.3 Å². The molecule has 4 unspecified atom stereocenters. The number of nitrogens with zero attached hydrogens (tertiary/aromatic N) is 1. The average Bonchev–Trinajstić information content (AvgIpc) is 2.85. The van der Waals surface area contributed by atoms with Gasteiger partial charge in [0.2, 0.25) is 0 Å². The van der Waals surface area contributed by atoms with Gasteiger partial charge < -0.3 is 9.73 Å². The third kappa shape index (κ3) is 3.83. The molecule has 1 fully saturated rings. The zero-order valence-electron chi connectivity index (χ0n) is 12.7. The summed E-state index contributed by atoms with van der Waals surface area (Å²) in [6.45, 7) is 5.72. The molecule has 0 aliphatic heterocycles. The van der Waals surface area contributed by atoms with Crippen molar-refractivity contribution in [3.8, 4) is 0 Å². The monoisotopic (exact) mass is 264 g/mol. The first kappa shape index (κ1) is 14.6. The Hall–Kier alpha value is -0.800. The number of rotatable bonds is 5. The smallest absolute Gasteiger partial charge is 0.122 e. The van der Waals surface area contributed by atoms with Crippen molar-refractivity contribution in [2.45, 2.75) is 45.2 Å². The fraction of sp³-hybridized carbons (Fsp3) is 0.750. The van der Waals surface area contributed by atoms with E-state index < -0.39 is 0 Å². The summed E-state index contributed by atoms with van der Waals surface area (Å²) in [6, 6.07) is 5.02. The molecule has 1 aromatic rings. The van der Waals surface area contributed by atoms with Gasteiger partial charge in [0.25, 0.3) is 0 Å². The van der Waals surface area contributed by atoms with Crippen molar-refractivity contribution in [1.82, 2.24) is 10.2 Å². The molecule has 2 rings (SSSR count). The van der Waals surface area contributed by atoms with Gasteiger partial charge in [-0.25, -0.2) is 0 Å². The maximum atomic E-state index is 5.56. The number of furan rings is 1. The van der Waals surface area contributed by atoms with E-state index in [2.05, 4.69) is 44.2 Å². The molecule has 1 N–H and O–H groups in total. The SMILES string of the molecule is CC1CCC(NCC(c2ccco2)N(C)C)C(C)C1. The Labute approximate surface area is 117 Å². The van der Waals surface area contributed by atoms with E-state index in [9.17, 15) is 0 Å². The van der Waals surface area contributed by atoms with Crippen LogP contribution >= 0.6 is 0 Å². The molecule has 1 heterocycles. The summed E-state index contributed by atoms with van der Waals surface area (Å²) in [7, 11) is 4.22. The van der Waals surface area contributed by atoms with Crippen molar-refractivity contribution in [3.05, 3.63) is 24.2 Å². The molecule has 4 atom stereocenters. The van der Waals surface area contributed by atoms with Crippen LogP contribution in [0.25, 0.3) is 0 Å². The lowest BCUT2D eigenvalue weighted by atomic mass is 9.80. The van der Waals surface area contributed by atoms with Crippen molar-refractivity contribution in [2.75, 3.05) is 20.6 Å². The summed E-state index contributed by atoms with van der Waals surface area (Å²) in [5, 5.41) is 3.76. The molecule has 0 spiro atoms. The van der Waals surface area contributed by atoms with Crippen LogP contribution in [0.15, 0.2) is 22.8 Å². The van der Waals surface area contributed by atoms with E-state index in [0.29, 0.717) is 12.1 Å². The molecule has 108 valence electrons. The first-order valence-corrected chi connectivity index (χ1v) is 7.51. The Morgan fingerprint density at radius 2 is 2.16 bits per heavy atom. The predicted octanol–water partition coefficient (Wildman–Crippen LogP) is 3.30. The Morgan fingerprint density at radius 1 is 1.37 bits per heavy atom. The van der Waals surface area contributed by atoms with Crippen molar-refractivity contribution >= 4 is 0 Å². The van der Waals surface area contributed by atoms with Gasteiger partial charge in [-0.2, -0.15) is 0 Å². The molecule has 0 aromatic carbocycles. The first-order chi connectivity index (χ1) is 9.08. The zero-order chi connectivity index (χ0) is 13.8. The Morgan fingerprint density at radius 3 is 2.74 bits per heavy atom. The lowest BCUT2D eigenvalue weighted by molar-refractivity contribution is 0.195. The van der Waals surface area contributed by atoms with Gasteiger partial charge in [0.15, 0.2) is 0 Å². The molecule has 1 aliphatic carbocycles. The van der Waals surface area contributed by atoms with E-state index in [1.807, 2.05) is 6.07 Å². The van der Waals surface area contributed by atoms with E-state index in [1.165, 1.54) is 19.3 Å². The molecule has 1 aliphatic rings. The molecule has 1 saturated carbocycles. The molecular formula is C16H28N2O. The number of hydrogen-bond acceptors (Lipinski definition) is 3. The summed E-state index contributed by atoms with van der Waals surface area (Å²) >= 11 is 0. The molecule has 0 saturated heterocycles. The van der Waals surface area contributed by atoms with Gasteiger partial charge in [-0.15, -0.1) is 0 Å². The number of hydrogen-bond donors (Lipinski definition) is 1. The van der Waals surface area contributed by atoms with Gasteiger partial charge >= 0.3 is 0 Å². The molecular weight excluding hydrogens is 236 g/mol. The largest absolute Gasteiger partial charge is 0.468 e. The minimum absolute atomic E-state index is 0.321. The van der Waals surface area contributed by atoms with Gasteiger partial charge in [-0.3, -0.25) is 4.90 Å². The van der Waals surface area contributed by atoms with Crippen LogP contribution < -0.4 is 5.32 Å². The van der Waals surface area contributed by atoms with Crippen molar-refractivity contribution in [3.63, 3.8) is 0 Å². The fourth-order valence-corrected chi connectivity index (χ4v) is 3.25. The van der Waals surface area contributed by atoms with Crippen LogP contribution in [0.2, 0.25) is 0 Å². The topological polar surface area (TPSA) is 28.4 Å². The van der Waals surface area contributed by atoms with Gasteiger partial charge in [0, 0.05) is 12.6 Å². The summed E-state index contributed by atoms with van der Waals surface area (Å²) in [5.41, 5.74) is 0. The van der Waals surface area contributed by atoms with Crippen LogP contribution in [-0.4, -0.2) is 31.6 Å². The fourth-order valence-electron chi connectivity index (χ4n) is 3.25. The second-order valence-corrected chi connectivity index (χ2v) is 6.41. The Balaban J connectivity index is 1.89. The third-order valence-corrected chi connectivity index (χ3v) is 4.50. The van der Waals surface area contributed by atoms with Gasteiger partial charge in [0.1, 0.15) is 5.76 Å². The van der Waals surface area contributed by atoms with Crippen LogP contribution in [0, 0.1) is 11.8 Å². The van der Waals surface area contributed by atoms with Gasteiger partial charge in [-0.1, -0.05) is 13.8 Å². The van der Waals surface area contributed by atoms with E-state index in [4.69, 9.17) is 4.42 Å². The zero-order valence-corrected chi connectivity index (χ0v) is 12.7. The van der Waals surface area contributed by atoms with E-state index >= 15 is 0 Å². The van der Waals surface area contributed by atoms with Crippen LogP contribution in [-0.2, 0) is 0 Å². The Kier molecular flexibility index (Phi) is 5.06. The standard InChI is InChI=1S/C16H28N2O/c1-12-7-8-14(13(2)10-12)17-11-15(18(3)4)16-6-5-9-19-16/h5-6,9,12-15,17H,7-8,10-11H2,1-4H3. The third-order valence-electron chi connectivity index (χ3n) is 4.50. The molecule has 1 aromatic heterocycles. The Bertz CT molecular complexity index is 361. The van der Waals surface area contributed by atoms with Crippen molar-refractivity contribution in [2.24, 2.45) is 11.8 Å². The highest BCUT2D eigenvalue weighted by Gasteiger charge is 2.26. The van der Waals surface area contributed by atoms with Crippen LogP contribution in [0.3, 0.4) is 0 Å². The van der Waals surface area contributed by atoms with E-state index in [-0.39, 0.29) is 0 Å².